The van der Waals surface area contributed by atoms with E-state index in [-0.39, 0.29) is 12.1 Å². The van der Waals surface area contributed by atoms with Crippen LogP contribution in [0.2, 0.25) is 0 Å². The molecule has 5 nitrogen and oxygen atoms in total. The van der Waals surface area contributed by atoms with Gasteiger partial charge in [-0.15, -0.1) is 0 Å². The minimum absolute atomic E-state index is 0.166. The van der Waals surface area contributed by atoms with Crippen molar-refractivity contribution in [3.63, 3.8) is 0 Å². The summed E-state index contributed by atoms with van der Waals surface area (Å²) in [5, 5.41) is 0. The zero-order valence-corrected chi connectivity index (χ0v) is 12.0. The summed E-state index contributed by atoms with van der Waals surface area (Å²) < 4.78 is 59.6. The number of hydrogen-bond donors (Lipinski definition) is 2. The van der Waals surface area contributed by atoms with Crippen LogP contribution in [0, 0.1) is 17.6 Å². The Kier molecular flexibility index (Phi) is 3.62. The van der Waals surface area contributed by atoms with Crippen molar-refractivity contribution in [3.05, 3.63) is 23.8 Å². The number of hydrogen-bond acceptors (Lipinski definition) is 4. The standard InChI is InChI=1S/C13H16F2N2O3S/c14-8-3-4-10(11(15)12(8)16)21(18,19)17-9-5-6-20-13(9)7-1-2-7/h3-4,7,9,13,17H,1-2,5-6,16H2. The van der Waals surface area contributed by atoms with E-state index in [9.17, 15) is 17.2 Å². The highest BCUT2D eigenvalue weighted by atomic mass is 32.2. The maximum absolute atomic E-state index is 13.9. The topological polar surface area (TPSA) is 81.4 Å². The number of anilines is 1. The van der Waals surface area contributed by atoms with E-state index in [1.807, 2.05) is 0 Å². The van der Waals surface area contributed by atoms with Crippen LogP contribution in [0.4, 0.5) is 14.5 Å². The van der Waals surface area contributed by atoms with Crippen LogP contribution in [-0.4, -0.2) is 27.2 Å². The van der Waals surface area contributed by atoms with Gasteiger partial charge in [0.2, 0.25) is 10.0 Å². The van der Waals surface area contributed by atoms with E-state index in [2.05, 4.69) is 4.72 Å². The van der Waals surface area contributed by atoms with Crippen LogP contribution in [-0.2, 0) is 14.8 Å². The Morgan fingerprint density at radius 1 is 1.24 bits per heavy atom. The first-order chi connectivity index (χ1) is 9.90. The van der Waals surface area contributed by atoms with Crippen molar-refractivity contribution in [2.24, 2.45) is 5.92 Å². The quantitative estimate of drug-likeness (QED) is 0.822. The van der Waals surface area contributed by atoms with Gasteiger partial charge >= 0.3 is 0 Å². The first-order valence-electron chi connectivity index (χ1n) is 6.77. The predicted molar refractivity (Wildman–Crippen MR) is 72.0 cm³/mol. The van der Waals surface area contributed by atoms with Crippen molar-refractivity contribution in [1.82, 2.24) is 4.72 Å². The van der Waals surface area contributed by atoms with Gasteiger partial charge in [-0.05, 0) is 37.3 Å². The summed E-state index contributed by atoms with van der Waals surface area (Å²) in [5.74, 6) is -1.88. The molecule has 2 fully saturated rings. The van der Waals surface area contributed by atoms with Crippen molar-refractivity contribution in [3.8, 4) is 0 Å². The van der Waals surface area contributed by atoms with Gasteiger partial charge in [-0.2, -0.15) is 0 Å². The number of nitrogen functional groups attached to an aromatic ring is 1. The van der Waals surface area contributed by atoms with Gasteiger partial charge in [0.15, 0.2) is 5.82 Å². The molecule has 2 aliphatic rings. The highest BCUT2D eigenvalue weighted by Crippen LogP contribution is 2.39. The molecule has 3 rings (SSSR count). The molecule has 1 aliphatic carbocycles. The van der Waals surface area contributed by atoms with E-state index in [0.717, 1.165) is 25.0 Å². The molecule has 2 atom stereocenters. The Labute approximate surface area is 121 Å². The molecule has 1 saturated carbocycles. The summed E-state index contributed by atoms with van der Waals surface area (Å²) >= 11 is 0. The van der Waals surface area contributed by atoms with Gasteiger partial charge in [0.1, 0.15) is 16.4 Å². The number of sulfonamides is 1. The second kappa shape index (κ2) is 5.19. The number of halogens is 2. The maximum Gasteiger partial charge on any atom is 0.243 e. The Hall–Kier alpha value is -1.25. The molecule has 0 radical (unpaired) electrons. The van der Waals surface area contributed by atoms with Crippen LogP contribution < -0.4 is 10.5 Å². The molecule has 0 aromatic heterocycles. The second-order valence-electron chi connectivity index (χ2n) is 5.46. The number of nitrogens with two attached hydrogens (primary N) is 1. The van der Waals surface area contributed by atoms with E-state index in [0.29, 0.717) is 18.9 Å². The highest BCUT2D eigenvalue weighted by molar-refractivity contribution is 7.89. The largest absolute Gasteiger partial charge is 0.394 e. The zero-order chi connectivity index (χ0) is 15.2. The van der Waals surface area contributed by atoms with E-state index in [1.54, 1.807) is 0 Å². The van der Waals surface area contributed by atoms with Crippen LogP contribution in [0.1, 0.15) is 19.3 Å². The Morgan fingerprint density at radius 2 is 1.95 bits per heavy atom. The summed E-state index contributed by atoms with van der Waals surface area (Å²) in [6.45, 7) is 0.475. The minimum atomic E-state index is -4.10. The van der Waals surface area contributed by atoms with E-state index < -0.39 is 32.2 Å². The van der Waals surface area contributed by atoms with Crippen molar-refractivity contribution >= 4 is 15.7 Å². The fourth-order valence-electron chi connectivity index (χ4n) is 2.65. The van der Waals surface area contributed by atoms with E-state index in [4.69, 9.17) is 10.5 Å². The van der Waals surface area contributed by atoms with Crippen LogP contribution in [0.25, 0.3) is 0 Å². The lowest BCUT2D eigenvalue weighted by Gasteiger charge is -2.19. The van der Waals surface area contributed by atoms with Crippen molar-refractivity contribution < 1.29 is 21.9 Å². The molecular formula is C13H16F2N2O3S. The lowest BCUT2D eigenvalue weighted by Crippen LogP contribution is -2.41. The summed E-state index contributed by atoms with van der Waals surface area (Å²) in [5.41, 5.74) is 4.41. The highest BCUT2D eigenvalue weighted by Gasteiger charge is 2.42. The Morgan fingerprint density at radius 3 is 2.62 bits per heavy atom. The Balaban J connectivity index is 1.85. The summed E-state index contributed by atoms with van der Waals surface area (Å²) in [7, 11) is -4.10. The average molecular weight is 318 g/mol. The number of ether oxygens (including phenoxy) is 1. The van der Waals surface area contributed by atoms with Gasteiger partial charge in [-0.1, -0.05) is 0 Å². The molecule has 0 spiro atoms. The smallest absolute Gasteiger partial charge is 0.243 e. The first kappa shape index (κ1) is 14.7. The molecule has 1 aromatic carbocycles. The fourth-order valence-corrected chi connectivity index (χ4v) is 4.02. The summed E-state index contributed by atoms with van der Waals surface area (Å²) in [6.07, 6.45) is 2.40. The summed E-state index contributed by atoms with van der Waals surface area (Å²) in [6, 6.07) is 1.34. The zero-order valence-electron chi connectivity index (χ0n) is 11.2. The molecule has 1 heterocycles. The Bertz CT molecular complexity index is 662. The molecule has 0 amide bonds. The maximum atomic E-state index is 13.9. The van der Waals surface area contributed by atoms with E-state index in [1.165, 1.54) is 0 Å². The lowest BCUT2D eigenvalue weighted by atomic mass is 10.1. The molecular weight excluding hydrogens is 302 g/mol. The lowest BCUT2D eigenvalue weighted by molar-refractivity contribution is 0.0848. The molecule has 1 aromatic rings. The number of benzene rings is 1. The second-order valence-corrected chi connectivity index (χ2v) is 7.14. The molecule has 0 bridgehead atoms. The van der Waals surface area contributed by atoms with Crippen LogP contribution in [0.3, 0.4) is 0 Å². The molecule has 21 heavy (non-hydrogen) atoms. The molecule has 8 heteroatoms. The molecule has 116 valence electrons. The summed E-state index contributed by atoms with van der Waals surface area (Å²) in [4.78, 5) is -0.636. The van der Waals surface area contributed by atoms with Crippen molar-refractivity contribution in [1.29, 1.82) is 0 Å². The van der Waals surface area contributed by atoms with Crippen LogP contribution in [0.15, 0.2) is 17.0 Å². The van der Waals surface area contributed by atoms with Gasteiger partial charge in [0, 0.05) is 6.61 Å². The number of nitrogens with one attached hydrogen (secondary N) is 1. The number of rotatable bonds is 4. The molecule has 1 aliphatic heterocycles. The molecule has 1 saturated heterocycles. The monoisotopic (exact) mass is 318 g/mol. The van der Waals surface area contributed by atoms with Crippen LogP contribution in [0.5, 0.6) is 0 Å². The van der Waals surface area contributed by atoms with Gasteiger partial charge in [-0.3, -0.25) is 0 Å². The normalized spacial score (nSPS) is 26.2. The van der Waals surface area contributed by atoms with Crippen LogP contribution >= 0.6 is 0 Å². The third-order valence-corrected chi connectivity index (χ3v) is 5.42. The average Bonchev–Trinajstić information content (AvgIpc) is 3.16. The van der Waals surface area contributed by atoms with Gasteiger partial charge in [0.05, 0.1) is 12.1 Å². The third-order valence-electron chi connectivity index (χ3n) is 3.91. The fraction of sp³-hybridized carbons (Fsp3) is 0.538. The molecule has 3 N–H and O–H groups in total. The van der Waals surface area contributed by atoms with Gasteiger partial charge in [-0.25, -0.2) is 21.9 Å². The van der Waals surface area contributed by atoms with Gasteiger partial charge < -0.3 is 10.5 Å². The SMILES string of the molecule is Nc1c(F)ccc(S(=O)(=O)NC2CCOC2C2CC2)c1F. The first-order valence-corrected chi connectivity index (χ1v) is 8.26. The van der Waals surface area contributed by atoms with Crippen molar-refractivity contribution in [2.45, 2.75) is 36.3 Å². The third kappa shape index (κ3) is 2.75. The van der Waals surface area contributed by atoms with E-state index >= 15 is 0 Å². The van der Waals surface area contributed by atoms with Gasteiger partial charge in [0.25, 0.3) is 0 Å². The predicted octanol–water partition coefficient (Wildman–Crippen LogP) is 1.39. The molecule has 2 unspecified atom stereocenters. The van der Waals surface area contributed by atoms with Crippen molar-refractivity contribution in [2.75, 3.05) is 12.3 Å². The minimum Gasteiger partial charge on any atom is -0.394 e.